The number of para-hydroxylation sites is 1. The van der Waals surface area contributed by atoms with Crippen LogP contribution in [0, 0.1) is 0 Å². The lowest BCUT2D eigenvalue weighted by Gasteiger charge is -2.11. The molecule has 0 unspecified atom stereocenters. The van der Waals surface area contributed by atoms with E-state index in [1.54, 1.807) is 11.6 Å². The van der Waals surface area contributed by atoms with E-state index in [2.05, 4.69) is 21.6 Å². The van der Waals surface area contributed by atoms with Crippen molar-refractivity contribution in [2.45, 2.75) is 11.6 Å². The van der Waals surface area contributed by atoms with Crippen LogP contribution in [0.3, 0.4) is 0 Å². The van der Waals surface area contributed by atoms with Gasteiger partial charge in [-0.15, -0.1) is 6.58 Å². The highest BCUT2D eigenvalue weighted by Gasteiger charge is 2.12. The molecular formula is C23H22N4O3S. The van der Waals surface area contributed by atoms with E-state index >= 15 is 0 Å². The molecule has 0 spiro atoms. The number of allylic oxidation sites excluding steroid dienone is 1. The molecule has 1 N–H and O–H groups in total. The van der Waals surface area contributed by atoms with Gasteiger partial charge in [-0.2, -0.15) is 0 Å². The first-order valence-corrected chi connectivity index (χ1v) is 10.7. The number of nitrogens with zero attached hydrogens (tertiary/aromatic N) is 3. The molecule has 2 aromatic carbocycles. The van der Waals surface area contributed by atoms with Crippen LogP contribution in [0.1, 0.15) is 5.56 Å². The molecule has 0 fully saturated rings. The lowest BCUT2D eigenvalue weighted by Crippen LogP contribution is -2.07. The molecule has 0 saturated heterocycles. The third-order valence-electron chi connectivity index (χ3n) is 4.56. The Morgan fingerprint density at radius 1 is 1.16 bits per heavy atom. The van der Waals surface area contributed by atoms with Crippen LogP contribution in [0.5, 0.6) is 11.5 Å². The van der Waals surface area contributed by atoms with E-state index in [9.17, 15) is 4.79 Å². The van der Waals surface area contributed by atoms with Crippen molar-refractivity contribution in [2.75, 3.05) is 19.5 Å². The number of thioether (sulfide) groups is 1. The van der Waals surface area contributed by atoms with Crippen molar-refractivity contribution in [3.05, 3.63) is 83.2 Å². The summed E-state index contributed by atoms with van der Waals surface area (Å²) in [5, 5.41) is 3.38. The van der Waals surface area contributed by atoms with Gasteiger partial charge in [0.2, 0.25) is 0 Å². The SMILES string of the molecule is C=CCc1ccccc1OCCSc1nc(-c2cccc(OC)c2)nc2cc(=O)[nH]n12. The highest BCUT2D eigenvalue weighted by molar-refractivity contribution is 7.99. The summed E-state index contributed by atoms with van der Waals surface area (Å²) in [7, 11) is 1.61. The van der Waals surface area contributed by atoms with Crippen LogP contribution in [-0.2, 0) is 6.42 Å². The lowest BCUT2D eigenvalue weighted by molar-refractivity contribution is 0.340. The molecule has 8 heteroatoms. The van der Waals surface area contributed by atoms with Crippen LogP contribution >= 0.6 is 11.8 Å². The molecule has 4 aromatic rings. The summed E-state index contributed by atoms with van der Waals surface area (Å²) < 4.78 is 12.9. The Hall–Kier alpha value is -3.52. The molecule has 0 aliphatic rings. The van der Waals surface area contributed by atoms with Crippen LogP contribution in [0.4, 0.5) is 0 Å². The van der Waals surface area contributed by atoms with Gasteiger partial charge in [0.25, 0.3) is 5.56 Å². The minimum atomic E-state index is -0.228. The zero-order chi connectivity index (χ0) is 21.6. The van der Waals surface area contributed by atoms with Crippen molar-refractivity contribution < 1.29 is 9.47 Å². The van der Waals surface area contributed by atoms with Gasteiger partial charge in [0.05, 0.1) is 13.7 Å². The van der Waals surface area contributed by atoms with E-state index in [0.717, 1.165) is 23.3 Å². The minimum Gasteiger partial charge on any atom is -0.497 e. The van der Waals surface area contributed by atoms with Crippen LogP contribution in [-0.4, -0.2) is 39.1 Å². The molecule has 4 rings (SSSR count). The van der Waals surface area contributed by atoms with Crippen molar-refractivity contribution in [3.8, 4) is 22.9 Å². The third kappa shape index (κ3) is 4.80. The van der Waals surface area contributed by atoms with Gasteiger partial charge in [0.15, 0.2) is 16.6 Å². The number of H-pyrrole nitrogens is 1. The molecule has 2 heterocycles. The Morgan fingerprint density at radius 3 is 2.87 bits per heavy atom. The van der Waals surface area contributed by atoms with Crippen LogP contribution in [0.15, 0.2) is 77.2 Å². The fraction of sp³-hybridized carbons (Fsp3) is 0.174. The highest BCUT2D eigenvalue weighted by atomic mass is 32.2. The summed E-state index contributed by atoms with van der Waals surface area (Å²) in [6.45, 7) is 4.29. The van der Waals surface area contributed by atoms with E-state index in [1.807, 2.05) is 54.6 Å². The van der Waals surface area contributed by atoms with Crippen molar-refractivity contribution >= 4 is 17.4 Å². The number of aromatic amines is 1. The summed E-state index contributed by atoms with van der Waals surface area (Å²) in [4.78, 5) is 21.1. The smallest absolute Gasteiger partial charge is 0.266 e. The van der Waals surface area contributed by atoms with Gasteiger partial charge in [0, 0.05) is 17.4 Å². The molecule has 0 aliphatic carbocycles. The van der Waals surface area contributed by atoms with E-state index in [-0.39, 0.29) is 5.56 Å². The molecule has 31 heavy (non-hydrogen) atoms. The van der Waals surface area contributed by atoms with Crippen molar-refractivity contribution in [1.82, 2.24) is 19.6 Å². The van der Waals surface area contributed by atoms with Gasteiger partial charge in [-0.25, -0.2) is 14.5 Å². The third-order valence-corrected chi connectivity index (χ3v) is 5.46. The fourth-order valence-electron chi connectivity index (χ4n) is 3.13. The first-order chi connectivity index (χ1) is 15.2. The molecule has 0 saturated carbocycles. The normalized spacial score (nSPS) is 10.9. The highest BCUT2D eigenvalue weighted by Crippen LogP contribution is 2.25. The zero-order valence-electron chi connectivity index (χ0n) is 17.1. The topological polar surface area (TPSA) is 81.5 Å². The maximum atomic E-state index is 11.9. The second-order valence-electron chi connectivity index (χ2n) is 6.67. The Balaban J connectivity index is 1.54. The van der Waals surface area contributed by atoms with Gasteiger partial charge >= 0.3 is 0 Å². The summed E-state index contributed by atoms with van der Waals surface area (Å²) in [6, 6.07) is 16.9. The maximum absolute atomic E-state index is 11.9. The monoisotopic (exact) mass is 434 g/mol. The van der Waals surface area contributed by atoms with Gasteiger partial charge < -0.3 is 9.47 Å². The summed E-state index contributed by atoms with van der Waals surface area (Å²) >= 11 is 1.49. The second kappa shape index (κ2) is 9.53. The van der Waals surface area contributed by atoms with Crippen LogP contribution in [0.25, 0.3) is 17.0 Å². The molecule has 0 radical (unpaired) electrons. The van der Waals surface area contributed by atoms with Crippen LogP contribution in [0.2, 0.25) is 0 Å². The maximum Gasteiger partial charge on any atom is 0.266 e. The van der Waals surface area contributed by atoms with Gasteiger partial charge in [0.1, 0.15) is 11.5 Å². The minimum absolute atomic E-state index is 0.228. The van der Waals surface area contributed by atoms with Crippen molar-refractivity contribution in [1.29, 1.82) is 0 Å². The Labute approximate surface area is 183 Å². The standard InChI is InChI=1S/C23H22N4O3S/c1-3-7-16-8-4-5-11-19(16)30-12-13-31-23-25-22(17-9-6-10-18(14-17)29-2)24-20-15-21(28)26-27(20)23/h3-6,8-11,14-15H,1,7,12-13H2,2H3,(H,26,28). The average molecular weight is 435 g/mol. The molecule has 0 amide bonds. The number of aromatic nitrogens is 4. The van der Waals surface area contributed by atoms with E-state index in [0.29, 0.717) is 34.7 Å². The van der Waals surface area contributed by atoms with Gasteiger partial charge in [-0.3, -0.25) is 9.89 Å². The molecule has 7 nitrogen and oxygen atoms in total. The number of ether oxygens (including phenoxy) is 2. The van der Waals surface area contributed by atoms with Crippen molar-refractivity contribution in [2.24, 2.45) is 0 Å². The molecule has 158 valence electrons. The number of hydrogen-bond acceptors (Lipinski definition) is 6. The van der Waals surface area contributed by atoms with E-state index < -0.39 is 0 Å². The molecule has 0 atom stereocenters. The number of methoxy groups -OCH3 is 1. The summed E-state index contributed by atoms with van der Waals surface area (Å²) in [5.41, 5.74) is 2.19. The Morgan fingerprint density at radius 2 is 2.03 bits per heavy atom. The number of rotatable bonds is 9. The number of nitrogens with one attached hydrogen (secondary N) is 1. The lowest BCUT2D eigenvalue weighted by atomic mass is 10.1. The Kier molecular flexibility index (Phi) is 6.37. The molecule has 2 aromatic heterocycles. The Bertz CT molecular complexity index is 1270. The summed E-state index contributed by atoms with van der Waals surface area (Å²) in [6.07, 6.45) is 2.61. The molecular weight excluding hydrogens is 412 g/mol. The first kappa shape index (κ1) is 20.7. The van der Waals surface area contributed by atoms with E-state index in [1.165, 1.54) is 17.8 Å². The molecule has 0 bridgehead atoms. The largest absolute Gasteiger partial charge is 0.497 e. The second-order valence-corrected chi connectivity index (χ2v) is 7.74. The average Bonchev–Trinajstić information content (AvgIpc) is 3.18. The van der Waals surface area contributed by atoms with Crippen molar-refractivity contribution in [3.63, 3.8) is 0 Å². The van der Waals surface area contributed by atoms with E-state index in [4.69, 9.17) is 9.47 Å². The molecule has 0 aliphatic heterocycles. The van der Waals surface area contributed by atoms with Gasteiger partial charge in [-0.05, 0) is 30.2 Å². The number of benzene rings is 2. The number of fused-ring (bicyclic) bond motifs is 1. The predicted octanol–water partition coefficient (Wildman–Crippen LogP) is 3.99. The number of hydrogen-bond donors (Lipinski definition) is 1. The van der Waals surface area contributed by atoms with Gasteiger partial charge in [-0.1, -0.05) is 48.2 Å². The zero-order valence-corrected chi connectivity index (χ0v) is 17.9. The first-order valence-electron chi connectivity index (χ1n) is 9.76. The summed E-state index contributed by atoms with van der Waals surface area (Å²) in [5.74, 6) is 2.74. The van der Waals surface area contributed by atoms with Crippen LogP contribution < -0.4 is 15.0 Å². The predicted molar refractivity (Wildman–Crippen MR) is 122 cm³/mol. The quantitative estimate of drug-likeness (QED) is 0.244. The fourth-order valence-corrected chi connectivity index (χ4v) is 3.89.